The minimum Gasteiger partial charge on any atom is -0.305 e. The van der Waals surface area contributed by atoms with E-state index in [-0.39, 0.29) is 11.9 Å². The standard InChI is InChI=1S/C16H16N2O/c1-11-7-9-12(10-8-11)15-16(19)18(2)14-6-4-3-5-13(14)17-15/h3-10,15,17H,1-2H3/p+1/t15-/m0/s1. The number of amides is 1. The third-order valence-corrected chi connectivity index (χ3v) is 3.68. The fraction of sp³-hybridized carbons (Fsp3) is 0.188. The van der Waals surface area contributed by atoms with Crippen molar-refractivity contribution < 1.29 is 10.1 Å². The Morgan fingerprint density at radius 3 is 2.47 bits per heavy atom. The van der Waals surface area contributed by atoms with Gasteiger partial charge in [0.2, 0.25) is 0 Å². The van der Waals surface area contributed by atoms with E-state index in [4.69, 9.17) is 0 Å². The summed E-state index contributed by atoms with van der Waals surface area (Å²) in [6, 6.07) is 16.0. The molecule has 0 unspecified atom stereocenters. The van der Waals surface area contributed by atoms with E-state index in [1.165, 1.54) is 5.56 Å². The van der Waals surface area contributed by atoms with Crippen molar-refractivity contribution in [1.82, 2.24) is 0 Å². The first-order valence-electron chi connectivity index (χ1n) is 6.45. The van der Waals surface area contributed by atoms with Crippen molar-refractivity contribution in [1.29, 1.82) is 0 Å². The van der Waals surface area contributed by atoms with Gasteiger partial charge in [-0.25, -0.2) is 0 Å². The summed E-state index contributed by atoms with van der Waals surface area (Å²) in [5.41, 5.74) is 4.36. The van der Waals surface area contributed by atoms with Crippen LogP contribution in [0.25, 0.3) is 0 Å². The number of hydrogen-bond donors (Lipinski definition) is 1. The van der Waals surface area contributed by atoms with Crippen molar-refractivity contribution in [3.63, 3.8) is 0 Å². The molecule has 0 radical (unpaired) electrons. The first-order chi connectivity index (χ1) is 9.16. The fourth-order valence-corrected chi connectivity index (χ4v) is 2.52. The summed E-state index contributed by atoms with van der Waals surface area (Å²) in [5.74, 6) is 0.127. The molecular weight excluding hydrogens is 236 g/mol. The molecule has 0 aromatic heterocycles. The number of aryl methyl sites for hydroxylation is 1. The van der Waals surface area contributed by atoms with Crippen molar-refractivity contribution in [3.8, 4) is 0 Å². The molecule has 0 saturated carbocycles. The lowest BCUT2D eigenvalue weighted by Crippen LogP contribution is -2.84. The molecule has 2 aromatic rings. The van der Waals surface area contributed by atoms with Crippen molar-refractivity contribution in [3.05, 3.63) is 59.7 Å². The molecule has 1 amide bonds. The Hall–Kier alpha value is -2.13. The normalized spacial score (nSPS) is 18.3. The number of nitrogens with zero attached hydrogens (tertiary/aromatic N) is 1. The number of para-hydroxylation sites is 2. The second-order valence-corrected chi connectivity index (χ2v) is 5.01. The molecule has 2 aromatic carbocycles. The number of quaternary nitrogens is 1. The van der Waals surface area contributed by atoms with Crippen LogP contribution in [-0.4, -0.2) is 13.0 Å². The number of fused-ring (bicyclic) bond motifs is 1. The maximum absolute atomic E-state index is 12.5. The zero-order chi connectivity index (χ0) is 13.4. The largest absolute Gasteiger partial charge is 0.305 e. The van der Waals surface area contributed by atoms with E-state index >= 15 is 0 Å². The van der Waals surface area contributed by atoms with Crippen LogP contribution in [0.15, 0.2) is 48.5 Å². The summed E-state index contributed by atoms with van der Waals surface area (Å²) in [7, 11) is 1.84. The number of anilines is 1. The SMILES string of the molecule is Cc1ccc([C@@H]2[NH2+]c3ccccc3N(C)C2=O)cc1. The predicted octanol–water partition coefficient (Wildman–Crippen LogP) is 1.91. The molecule has 3 heteroatoms. The molecule has 1 aliphatic heterocycles. The molecule has 0 fully saturated rings. The smallest absolute Gasteiger partial charge is 0.290 e. The second kappa shape index (κ2) is 4.52. The highest BCUT2D eigenvalue weighted by Crippen LogP contribution is 2.28. The van der Waals surface area contributed by atoms with E-state index in [0.717, 1.165) is 16.9 Å². The molecule has 3 rings (SSSR count). The Balaban J connectivity index is 2.01. The Bertz CT molecular complexity index is 619. The Morgan fingerprint density at radius 1 is 1.05 bits per heavy atom. The molecule has 1 atom stereocenters. The van der Waals surface area contributed by atoms with Gasteiger partial charge in [-0.3, -0.25) is 10.1 Å². The highest BCUT2D eigenvalue weighted by molar-refractivity contribution is 6.00. The maximum Gasteiger partial charge on any atom is 0.290 e. The first-order valence-corrected chi connectivity index (χ1v) is 6.45. The number of carbonyl (C=O) groups excluding carboxylic acids is 1. The van der Waals surface area contributed by atoms with Gasteiger partial charge in [0, 0.05) is 18.7 Å². The molecule has 0 saturated heterocycles. The van der Waals surface area contributed by atoms with E-state index in [9.17, 15) is 4.79 Å². The van der Waals surface area contributed by atoms with E-state index in [2.05, 4.69) is 30.4 Å². The van der Waals surface area contributed by atoms with Gasteiger partial charge in [-0.1, -0.05) is 42.0 Å². The number of hydrogen-bond acceptors (Lipinski definition) is 1. The number of likely N-dealkylation sites (N-methyl/N-ethyl adjacent to an activating group) is 1. The Kier molecular flexibility index (Phi) is 2.84. The van der Waals surface area contributed by atoms with Crippen LogP contribution in [0.1, 0.15) is 17.2 Å². The lowest BCUT2D eigenvalue weighted by Gasteiger charge is -2.29. The van der Waals surface area contributed by atoms with Gasteiger partial charge in [-0.15, -0.1) is 0 Å². The van der Waals surface area contributed by atoms with Gasteiger partial charge in [0.1, 0.15) is 5.69 Å². The number of nitrogens with two attached hydrogens (primary N) is 1. The quantitative estimate of drug-likeness (QED) is 0.774. The van der Waals surface area contributed by atoms with Crippen LogP contribution in [0.4, 0.5) is 11.4 Å². The summed E-state index contributed by atoms with van der Waals surface area (Å²) in [5, 5.41) is 2.06. The third kappa shape index (κ3) is 2.02. The van der Waals surface area contributed by atoms with Crippen molar-refractivity contribution in [2.45, 2.75) is 13.0 Å². The van der Waals surface area contributed by atoms with Gasteiger partial charge >= 0.3 is 0 Å². The highest BCUT2D eigenvalue weighted by atomic mass is 16.2. The van der Waals surface area contributed by atoms with Gasteiger partial charge in [-0.05, 0) is 13.0 Å². The number of benzene rings is 2. The molecule has 0 aliphatic carbocycles. The molecule has 19 heavy (non-hydrogen) atoms. The van der Waals surface area contributed by atoms with E-state index in [1.807, 2.05) is 37.4 Å². The molecule has 0 spiro atoms. The topological polar surface area (TPSA) is 36.9 Å². The van der Waals surface area contributed by atoms with Crippen LogP contribution in [0.2, 0.25) is 0 Å². The van der Waals surface area contributed by atoms with Crippen LogP contribution in [-0.2, 0) is 4.79 Å². The summed E-state index contributed by atoms with van der Waals surface area (Å²) < 4.78 is 0. The highest BCUT2D eigenvalue weighted by Gasteiger charge is 2.35. The molecule has 96 valence electrons. The predicted molar refractivity (Wildman–Crippen MR) is 75.4 cm³/mol. The molecule has 1 heterocycles. The number of rotatable bonds is 1. The van der Waals surface area contributed by atoms with Crippen molar-refractivity contribution in [2.24, 2.45) is 0 Å². The van der Waals surface area contributed by atoms with Gasteiger partial charge in [0.15, 0.2) is 11.7 Å². The van der Waals surface area contributed by atoms with Crippen molar-refractivity contribution in [2.75, 3.05) is 11.9 Å². The second-order valence-electron chi connectivity index (χ2n) is 5.01. The molecule has 3 nitrogen and oxygen atoms in total. The third-order valence-electron chi connectivity index (χ3n) is 3.68. The Labute approximate surface area is 112 Å². The van der Waals surface area contributed by atoms with Crippen LogP contribution in [0, 0.1) is 6.92 Å². The van der Waals surface area contributed by atoms with Gasteiger partial charge in [-0.2, -0.15) is 0 Å². The molecule has 2 N–H and O–H groups in total. The minimum absolute atomic E-state index is 0.127. The average molecular weight is 253 g/mol. The fourth-order valence-electron chi connectivity index (χ4n) is 2.52. The van der Waals surface area contributed by atoms with E-state index < -0.39 is 0 Å². The zero-order valence-electron chi connectivity index (χ0n) is 11.1. The molecule has 0 bridgehead atoms. The van der Waals surface area contributed by atoms with E-state index in [0.29, 0.717) is 0 Å². The average Bonchev–Trinajstić information content (AvgIpc) is 2.44. The van der Waals surface area contributed by atoms with Crippen LogP contribution in [0.3, 0.4) is 0 Å². The molecular formula is C16H17N2O+. The minimum atomic E-state index is -0.180. The summed E-state index contributed by atoms with van der Waals surface area (Å²) in [4.78, 5) is 14.2. The summed E-state index contributed by atoms with van der Waals surface area (Å²) >= 11 is 0. The first kappa shape index (κ1) is 11.9. The van der Waals surface area contributed by atoms with Gasteiger partial charge < -0.3 is 4.90 Å². The lowest BCUT2D eigenvalue weighted by molar-refractivity contribution is -0.604. The van der Waals surface area contributed by atoms with Gasteiger partial charge in [0.25, 0.3) is 5.91 Å². The monoisotopic (exact) mass is 253 g/mol. The Morgan fingerprint density at radius 2 is 1.74 bits per heavy atom. The maximum atomic E-state index is 12.5. The van der Waals surface area contributed by atoms with Crippen molar-refractivity contribution >= 4 is 17.3 Å². The van der Waals surface area contributed by atoms with E-state index in [1.54, 1.807) is 4.90 Å². The van der Waals surface area contributed by atoms with Crippen LogP contribution >= 0.6 is 0 Å². The zero-order valence-corrected chi connectivity index (χ0v) is 11.1. The lowest BCUT2D eigenvalue weighted by atomic mass is 10.0. The van der Waals surface area contributed by atoms with Gasteiger partial charge in [0.05, 0.1) is 0 Å². The number of carbonyl (C=O) groups is 1. The van der Waals surface area contributed by atoms with Crippen LogP contribution in [0.5, 0.6) is 0 Å². The van der Waals surface area contributed by atoms with Crippen LogP contribution < -0.4 is 10.2 Å². The summed E-state index contributed by atoms with van der Waals surface area (Å²) in [6.45, 7) is 2.05. The molecule has 1 aliphatic rings. The summed E-state index contributed by atoms with van der Waals surface area (Å²) in [6.07, 6.45) is 0.